The summed E-state index contributed by atoms with van der Waals surface area (Å²) >= 11 is 0. The number of ether oxygens (including phenoxy) is 2. The van der Waals surface area contributed by atoms with Gasteiger partial charge in [-0.3, -0.25) is 4.79 Å². The molecule has 0 aromatic heterocycles. The first-order valence-electron chi connectivity index (χ1n) is 8.73. The molecule has 0 N–H and O–H groups in total. The summed E-state index contributed by atoms with van der Waals surface area (Å²) in [5.74, 6) is 1.56. The molecule has 0 spiro atoms. The van der Waals surface area contributed by atoms with E-state index in [1.54, 1.807) is 0 Å². The van der Waals surface area contributed by atoms with Crippen molar-refractivity contribution in [2.45, 2.75) is 52.1 Å². The summed E-state index contributed by atoms with van der Waals surface area (Å²) in [7, 11) is 0. The first kappa shape index (κ1) is 17.5. The highest BCUT2D eigenvalue weighted by Gasteiger charge is 2.39. The van der Waals surface area contributed by atoms with Gasteiger partial charge in [0.25, 0.3) is 0 Å². The van der Waals surface area contributed by atoms with Crippen LogP contribution in [0.1, 0.15) is 55.6 Å². The number of carbonyl (C=O) groups is 1. The quantitative estimate of drug-likeness (QED) is 0.728. The average Bonchev–Trinajstić information content (AvgIpc) is 2.52. The van der Waals surface area contributed by atoms with Crippen molar-refractivity contribution >= 4 is 5.78 Å². The summed E-state index contributed by atoms with van der Waals surface area (Å²) in [6, 6.07) is 13.4. The van der Waals surface area contributed by atoms with Gasteiger partial charge in [-0.25, -0.2) is 0 Å². The first-order chi connectivity index (χ1) is 11.7. The molecule has 3 nitrogen and oxygen atoms in total. The van der Waals surface area contributed by atoms with E-state index in [9.17, 15) is 4.79 Å². The molecule has 2 aromatic rings. The van der Waals surface area contributed by atoms with E-state index in [2.05, 4.69) is 27.7 Å². The van der Waals surface area contributed by atoms with Crippen LogP contribution in [-0.2, 0) is 5.41 Å². The van der Waals surface area contributed by atoms with E-state index in [1.165, 1.54) is 5.56 Å². The smallest absolute Gasteiger partial charge is 0.200 e. The molecule has 3 rings (SSSR count). The van der Waals surface area contributed by atoms with Gasteiger partial charge in [0.15, 0.2) is 12.4 Å². The van der Waals surface area contributed by atoms with Crippen LogP contribution in [0.5, 0.6) is 11.5 Å². The molecule has 0 saturated heterocycles. The molecule has 132 valence electrons. The average molecular weight is 338 g/mol. The van der Waals surface area contributed by atoms with Crippen LogP contribution in [0.4, 0.5) is 0 Å². The van der Waals surface area contributed by atoms with Crippen molar-refractivity contribution in [2.75, 3.05) is 6.61 Å². The molecule has 0 radical (unpaired) electrons. The van der Waals surface area contributed by atoms with Crippen molar-refractivity contribution in [2.24, 2.45) is 0 Å². The second-order valence-corrected chi connectivity index (χ2v) is 8.16. The molecule has 0 atom stereocenters. The standard InChI is InChI=1S/C22H26O3/c1-15-6-9-17(10-7-15)24-13-19(23)16-8-11-20-18(12-16)21(2,3)14-22(4,5)25-20/h6-12H,13-14H2,1-5H3. The molecule has 0 fully saturated rings. The van der Waals surface area contributed by atoms with Gasteiger partial charge in [0.2, 0.25) is 0 Å². The van der Waals surface area contributed by atoms with Crippen LogP contribution in [0, 0.1) is 6.92 Å². The number of hydrogen-bond acceptors (Lipinski definition) is 3. The van der Waals surface area contributed by atoms with Crippen molar-refractivity contribution in [3.8, 4) is 11.5 Å². The number of ketones is 1. The van der Waals surface area contributed by atoms with Gasteiger partial charge in [-0.15, -0.1) is 0 Å². The van der Waals surface area contributed by atoms with Crippen LogP contribution in [0.2, 0.25) is 0 Å². The Balaban J connectivity index is 1.77. The van der Waals surface area contributed by atoms with Crippen molar-refractivity contribution in [3.05, 3.63) is 59.2 Å². The molecule has 25 heavy (non-hydrogen) atoms. The number of benzene rings is 2. The lowest BCUT2D eigenvalue weighted by molar-refractivity contribution is 0.0533. The van der Waals surface area contributed by atoms with Crippen LogP contribution in [0.15, 0.2) is 42.5 Å². The van der Waals surface area contributed by atoms with Gasteiger partial charge in [-0.1, -0.05) is 31.5 Å². The maximum absolute atomic E-state index is 12.5. The molecule has 0 aliphatic carbocycles. The Morgan fingerprint density at radius 2 is 1.76 bits per heavy atom. The molecular weight excluding hydrogens is 312 g/mol. The van der Waals surface area contributed by atoms with Crippen LogP contribution in [0.3, 0.4) is 0 Å². The second-order valence-electron chi connectivity index (χ2n) is 8.16. The van der Waals surface area contributed by atoms with Gasteiger partial charge in [-0.05, 0) is 62.9 Å². The fourth-order valence-electron chi connectivity index (χ4n) is 3.68. The highest BCUT2D eigenvalue weighted by molar-refractivity contribution is 5.97. The zero-order chi connectivity index (χ0) is 18.2. The van der Waals surface area contributed by atoms with Gasteiger partial charge < -0.3 is 9.47 Å². The summed E-state index contributed by atoms with van der Waals surface area (Å²) in [5.41, 5.74) is 2.69. The number of rotatable bonds is 4. The van der Waals surface area contributed by atoms with Gasteiger partial charge >= 0.3 is 0 Å². The Labute approximate surface area is 150 Å². The number of carbonyl (C=O) groups excluding carboxylic acids is 1. The van der Waals surface area contributed by atoms with Crippen LogP contribution >= 0.6 is 0 Å². The molecule has 3 heteroatoms. The SMILES string of the molecule is Cc1ccc(OCC(=O)c2ccc3c(c2)C(C)(C)CC(C)(C)O3)cc1. The predicted octanol–water partition coefficient (Wildman–Crippen LogP) is 5.10. The third kappa shape index (κ3) is 3.87. The highest BCUT2D eigenvalue weighted by Crippen LogP contribution is 2.44. The van der Waals surface area contributed by atoms with Crippen molar-refractivity contribution in [1.29, 1.82) is 0 Å². The molecule has 1 aliphatic heterocycles. The van der Waals surface area contributed by atoms with E-state index in [0.717, 1.165) is 17.7 Å². The van der Waals surface area contributed by atoms with E-state index >= 15 is 0 Å². The van der Waals surface area contributed by atoms with Gasteiger partial charge in [-0.2, -0.15) is 0 Å². The summed E-state index contributed by atoms with van der Waals surface area (Å²) in [4.78, 5) is 12.5. The van der Waals surface area contributed by atoms with Crippen LogP contribution < -0.4 is 9.47 Å². The van der Waals surface area contributed by atoms with Crippen LogP contribution in [0.25, 0.3) is 0 Å². The maximum atomic E-state index is 12.5. The molecule has 1 heterocycles. The molecule has 0 amide bonds. The van der Waals surface area contributed by atoms with E-state index in [0.29, 0.717) is 11.3 Å². The Morgan fingerprint density at radius 1 is 1.08 bits per heavy atom. The van der Waals surface area contributed by atoms with E-state index in [4.69, 9.17) is 9.47 Å². The highest BCUT2D eigenvalue weighted by atomic mass is 16.5. The molecule has 0 saturated carbocycles. The third-order valence-corrected chi connectivity index (χ3v) is 4.68. The number of aryl methyl sites for hydroxylation is 1. The Morgan fingerprint density at radius 3 is 2.44 bits per heavy atom. The summed E-state index contributed by atoms with van der Waals surface area (Å²) in [6.07, 6.45) is 0.907. The lowest BCUT2D eigenvalue weighted by Gasteiger charge is -2.42. The van der Waals surface area contributed by atoms with Gasteiger partial charge in [0, 0.05) is 11.1 Å². The topological polar surface area (TPSA) is 35.5 Å². The molecule has 2 aromatic carbocycles. The molecule has 1 aliphatic rings. The lowest BCUT2D eigenvalue weighted by atomic mass is 9.73. The van der Waals surface area contributed by atoms with Crippen molar-refractivity contribution in [3.63, 3.8) is 0 Å². The molecule has 0 unspecified atom stereocenters. The zero-order valence-electron chi connectivity index (χ0n) is 15.7. The van der Waals surface area contributed by atoms with Crippen LogP contribution in [-0.4, -0.2) is 18.0 Å². The first-order valence-corrected chi connectivity index (χ1v) is 8.73. The van der Waals surface area contributed by atoms with E-state index in [1.807, 2.05) is 49.4 Å². The molecule has 0 bridgehead atoms. The Bertz CT molecular complexity index is 785. The fraction of sp³-hybridized carbons (Fsp3) is 0.409. The normalized spacial score (nSPS) is 17.3. The second kappa shape index (κ2) is 6.21. The zero-order valence-corrected chi connectivity index (χ0v) is 15.7. The van der Waals surface area contributed by atoms with Gasteiger partial charge in [0.05, 0.1) is 0 Å². The summed E-state index contributed by atoms with van der Waals surface area (Å²) < 4.78 is 11.7. The minimum atomic E-state index is -0.198. The third-order valence-electron chi connectivity index (χ3n) is 4.68. The minimum Gasteiger partial charge on any atom is -0.488 e. The predicted molar refractivity (Wildman–Crippen MR) is 99.8 cm³/mol. The molecular formula is C22H26O3. The monoisotopic (exact) mass is 338 g/mol. The maximum Gasteiger partial charge on any atom is 0.200 e. The lowest BCUT2D eigenvalue weighted by Crippen LogP contribution is -2.41. The number of hydrogen-bond donors (Lipinski definition) is 0. The van der Waals surface area contributed by atoms with Gasteiger partial charge in [0.1, 0.15) is 17.1 Å². The van der Waals surface area contributed by atoms with E-state index < -0.39 is 0 Å². The van der Waals surface area contributed by atoms with E-state index in [-0.39, 0.29) is 23.4 Å². The number of fused-ring (bicyclic) bond motifs is 1. The summed E-state index contributed by atoms with van der Waals surface area (Å²) in [5, 5.41) is 0. The fourth-order valence-corrected chi connectivity index (χ4v) is 3.68. The van der Waals surface area contributed by atoms with Crippen molar-refractivity contribution in [1.82, 2.24) is 0 Å². The Kier molecular flexibility index (Phi) is 4.36. The largest absolute Gasteiger partial charge is 0.488 e. The summed E-state index contributed by atoms with van der Waals surface area (Å²) in [6.45, 7) is 10.7. The number of Topliss-reactive ketones (excluding diaryl/α,β-unsaturated/α-hetero) is 1. The minimum absolute atomic E-state index is 0.0241. The Hall–Kier alpha value is -2.29. The van der Waals surface area contributed by atoms with Crippen molar-refractivity contribution < 1.29 is 14.3 Å².